The summed E-state index contributed by atoms with van der Waals surface area (Å²) in [5, 5.41) is 2.72. The number of carbonyl (C=O) groups is 2. The first kappa shape index (κ1) is 15.7. The van der Waals surface area contributed by atoms with Crippen molar-refractivity contribution in [1.29, 1.82) is 0 Å². The molecule has 19 heavy (non-hydrogen) atoms. The highest BCUT2D eigenvalue weighted by Crippen LogP contribution is 2.20. The van der Waals surface area contributed by atoms with Crippen molar-refractivity contribution in [2.75, 3.05) is 13.6 Å². The van der Waals surface area contributed by atoms with Gasteiger partial charge in [0.15, 0.2) is 0 Å². The van der Waals surface area contributed by atoms with Crippen LogP contribution in [0.15, 0.2) is 22.7 Å². The number of hydrogen-bond donors (Lipinski definition) is 1. The van der Waals surface area contributed by atoms with Crippen LogP contribution in [0.3, 0.4) is 0 Å². The topological polar surface area (TPSA) is 49.4 Å². The summed E-state index contributed by atoms with van der Waals surface area (Å²) >= 11 is 3.39. The van der Waals surface area contributed by atoms with E-state index in [-0.39, 0.29) is 11.8 Å². The van der Waals surface area contributed by atoms with Gasteiger partial charge in [0.25, 0.3) is 5.91 Å². The summed E-state index contributed by atoms with van der Waals surface area (Å²) in [7, 11) is 1.72. The van der Waals surface area contributed by atoms with E-state index in [1.807, 2.05) is 26.0 Å². The Hall–Kier alpha value is -1.36. The molecule has 0 heterocycles. The lowest BCUT2D eigenvalue weighted by molar-refractivity contribution is -0.131. The third-order valence-corrected chi connectivity index (χ3v) is 4.06. The maximum atomic E-state index is 12.1. The maximum absolute atomic E-state index is 12.1. The van der Waals surface area contributed by atoms with Crippen molar-refractivity contribution in [3.05, 3.63) is 33.8 Å². The van der Waals surface area contributed by atoms with E-state index < -0.39 is 6.04 Å². The van der Waals surface area contributed by atoms with Crippen LogP contribution in [-0.2, 0) is 4.79 Å². The van der Waals surface area contributed by atoms with Gasteiger partial charge >= 0.3 is 0 Å². The molecule has 0 fully saturated rings. The Kier molecular flexibility index (Phi) is 5.54. The quantitative estimate of drug-likeness (QED) is 0.923. The summed E-state index contributed by atoms with van der Waals surface area (Å²) in [4.78, 5) is 25.6. The minimum atomic E-state index is -0.537. The predicted molar refractivity (Wildman–Crippen MR) is 79.1 cm³/mol. The molecule has 0 radical (unpaired) electrons. The number of nitrogens with zero attached hydrogens (tertiary/aromatic N) is 1. The second-order valence-corrected chi connectivity index (χ2v) is 5.28. The lowest BCUT2D eigenvalue weighted by Crippen LogP contribution is -2.45. The SMILES string of the molecule is CCN(C)C(=O)C(C)NC(=O)c1cccc(C)c1Br. The first-order chi connectivity index (χ1) is 8.88. The predicted octanol–water partition coefficient (Wildman–Crippen LogP) is 2.35. The Morgan fingerprint density at radius 1 is 1.42 bits per heavy atom. The molecule has 1 unspecified atom stereocenters. The molecule has 1 N–H and O–H groups in total. The zero-order valence-electron chi connectivity index (χ0n) is 11.7. The molecule has 0 aliphatic rings. The van der Waals surface area contributed by atoms with Crippen molar-refractivity contribution in [3.63, 3.8) is 0 Å². The molecule has 0 saturated heterocycles. The zero-order chi connectivity index (χ0) is 14.6. The molecule has 1 aromatic rings. The molecule has 1 atom stereocenters. The molecule has 1 aromatic carbocycles. The molecule has 0 aliphatic carbocycles. The number of aryl methyl sites for hydroxylation is 1. The Morgan fingerprint density at radius 3 is 2.63 bits per heavy atom. The summed E-state index contributed by atoms with van der Waals surface area (Å²) in [5.74, 6) is -0.347. The molecular formula is C14H19BrN2O2. The lowest BCUT2D eigenvalue weighted by Gasteiger charge is -2.20. The van der Waals surface area contributed by atoms with E-state index in [0.717, 1.165) is 10.0 Å². The van der Waals surface area contributed by atoms with Gasteiger partial charge in [-0.05, 0) is 48.3 Å². The Morgan fingerprint density at radius 2 is 2.05 bits per heavy atom. The molecule has 104 valence electrons. The van der Waals surface area contributed by atoms with Gasteiger partial charge in [-0.15, -0.1) is 0 Å². The average molecular weight is 327 g/mol. The van der Waals surface area contributed by atoms with Crippen molar-refractivity contribution >= 4 is 27.7 Å². The maximum Gasteiger partial charge on any atom is 0.253 e. The molecule has 0 aliphatic heterocycles. The normalized spacial score (nSPS) is 11.8. The summed E-state index contributed by atoms with van der Waals surface area (Å²) in [6, 6.07) is 4.93. The third kappa shape index (κ3) is 3.80. The smallest absolute Gasteiger partial charge is 0.253 e. The Bertz CT molecular complexity index is 488. The van der Waals surface area contributed by atoms with E-state index in [9.17, 15) is 9.59 Å². The number of amides is 2. The number of hydrogen-bond acceptors (Lipinski definition) is 2. The zero-order valence-corrected chi connectivity index (χ0v) is 13.2. The van der Waals surface area contributed by atoms with Crippen molar-refractivity contribution in [3.8, 4) is 0 Å². The number of rotatable bonds is 4. The van der Waals surface area contributed by atoms with Crippen LogP contribution in [0.2, 0.25) is 0 Å². The van der Waals surface area contributed by atoms with Crippen molar-refractivity contribution in [1.82, 2.24) is 10.2 Å². The highest BCUT2D eigenvalue weighted by Gasteiger charge is 2.20. The minimum Gasteiger partial charge on any atom is -0.344 e. The summed E-state index contributed by atoms with van der Waals surface area (Å²) < 4.78 is 0.760. The minimum absolute atomic E-state index is 0.0976. The van der Waals surface area contributed by atoms with Gasteiger partial charge in [-0.1, -0.05) is 12.1 Å². The molecular weight excluding hydrogens is 308 g/mol. The number of likely N-dealkylation sites (N-methyl/N-ethyl adjacent to an activating group) is 1. The fourth-order valence-corrected chi connectivity index (χ4v) is 2.09. The largest absolute Gasteiger partial charge is 0.344 e. The van der Waals surface area contributed by atoms with E-state index in [2.05, 4.69) is 21.2 Å². The van der Waals surface area contributed by atoms with Gasteiger partial charge in [-0.3, -0.25) is 9.59 Å². The number of benzene rings is 1. The number of halogens is 1. The monoisotopic (exact) mass is 326 g/mol. The van der Waals surface area contributed by atoms with Crippen LogP contribution >= 0.6 is 15.9 Å². The van der Waals surface area contributed by atoms with E-state index in [4.69, 9.17) is 0 Å². The van der Waals surface area contributed by atoms with Crippen LogP contribution in [0.5, 0.6) is 0 Å². The molecule has 0 spiro atoms. The fraction of sp³-hybridized carbons (Fsp3) is 0.429. The van der Waals surface area contributed by atoms with Crippen LogP contribution in [0.1, 0.15) is 29.8 Å². The van der Waals surface area contributed by atoms with Crippen molar-refractivity contribution in [2.24, 2.45) is 0 Å². The molecule has 1 rings (SSSR count). The van der Waals surface area contributed by atoms with E-state index >= 15 is 0 Å². The van der Waals surface area contributed by atoms with Gasteiger partial charge in [-0.2, -0.15) is 0 Å². The van der Waals surface area contributed by atoms with Gasteiger partial charge in [0.2, 0.25) is 5.91 Å². The average Bonchev–Trinajstić information content (AvgIpc) is 2.39. The second kappa shape index (κ2) is 6.70. The molecule has 0 saturated carbocycles. The van der Waals surface area contributed by atoms with Crippen molar-refractivity contribution in [2.45, 2.75) is 26.8 Å². The van der Waals surface area contributed by atoms with Crippen molar-refractivity contribution < 1.29 is 9.59 Å². The van der Waals surface area contributed by atoms with E-state index in [0.29, 0.717) is 12.1 Å². The molecule has 0 aromatic heterocycles. The van der Waals surface area contributed by atoms with Gasteiger partial charge in [-0.25, -0.2) is 0 Å². The van der Waals surface area contributed by atoms with Crippen LogP contribution < -0.4 is 5.32 Å². The third-order valence-electron chi connectivity index (χ3n) is 3.01. The molecule has 4 nitrogen and oxygen atoms in total. The lowest BCUT2D eigenvalue weighted by atomic mass is 10.1. The van der Waals surface area contributed by atoms with Crippen LogP contribution in [0, 0.1) is 6.92 Å². The van der Waals surface area contributed by atoms with Crippen LogP contribution in [0.4, 0.5) is 0 Å². The molecule has 0 bridgehead atoms. The number of carbonyl (C=O) groups excluding carboxylic acids is 2. The van der Waals surface area contributed by atoms with Gasteiger partial charge in [0, 0.05) is 18.1 Å². The number of nitrogens with one attached hydrogen (secondary N) is 1. The summed E-state index contributed by atoms with van der Waals surface area (Å²) in [5.41, 5.74) is 1.52. The first-order valence-electron chi connectivity index (χ1n) is 6.19. The van der Waals surface area contributed by atoms with Crippen LogP contribution in [0.25, 0.3) is 0 Å². The second-order valence-electron chi connectivity index (χ2n) is 4.48. The van der Waals surface area contributed by atoms with Gasteiger partial charge in [0.1, 0.15) is 6.04 Å². The first-order valence-corrected chi connectivity index (χ1v) is 6.98. The van der Waals surface area contributed by atoms with Crippen LogP contribution in [-0.4, -0.2) is 36.3 Å². The Labute approximate surface area is 122 Å². The van der Waals surface area contributed by atoms with Gasteiger partial charge in [0.05, 0.1) is 5.56 Å². The summed E-state index contributed by atoms with van der Waals surface area (Å²) in [6.07, 6.45) is 0. The van der Waals surface area contributed by atoms with E-state index in [1.165, 1.54) is 0 Å². The standard InChI is InChI=1S/C14H19BrN2O2/c1-5-17(4)14(19)10(3)16-13(18)11-8-6-7-9(2)12(11)15/h6-8,10H,5H2,1-4H3,(H,16,18). The van der Waals surface area contributed by atoms with E-state index in [1.54, 1.807) is 24.9 Å². The highest BCUT2D eigenvalue weighted by molar-refractivity contribution is 9.10. The molecule has 5 heteroatoms. The highest BCUT2D eigenvalue weighted by atomic mass is 79.9. The summed E-state index contributed by atoms with van der Waals surface area (Å²) in [6.45, 7) is 6.12. The fourth-order valence-electron chi connectivity index (χ4n) is 1.65. The Balaban J connectivity index is 2.80. The molecule has 2 amide bonds. The van der Waals surface area contributed by atoms with Gasteiger partial charge < -0.3 is 10.2 Å².